The molecule has 2 rings (SSSR count). The number of aryl methyl sites for hydroxylation is 1. The monoisotopic (exact) mass is 349 g/mol. The van der Waals surface area contributed by atoms with Gasteiger partial charge in [0.05, 0.1) is 7.11 Å². The zero-order chi connectivity index (χ0) is 18.7. The average Bonchev–Trinajstić information content (AvgIpc) is 2.94. The summed E-state index contributed by atoms with van der Waals surface area (Å²) in [6, 6.07) is 3.92. The Bertz CT molecular complexity index is 801. The fraction of sp³-hybridized carbons (Fsp3) is 0.353. The number of hydrogen-bond donors (Lipinski definition) is 2. The van der Waals surface area contributed by atoms with E-state index in [1.165, 1.54) is 19.2 Å². The van der Waals surface area contributed by atoms with Crippen molar-refractivity contribution in [1.29, 1.82) is 0 Å². The number of hydrogen-bond acceptors (Lipinski definition) is 4. The molecule has 0 aliphatic rings. The molecule has 0 radical (unpaired) electrons. The van der Waals surface area contributed by atoms with E-state index in [0.29, 0.717) is 0 Å². The predicted molar refractivity (Wildman–Crippen MR) is 88.1 cm³/mol. The molecule has 0 aliphatic carbocycles. The van der Waals surface area contributed by atoms with Gasteiger partial charge in [-0.15, -0.1) is 0 Å². The first-order valence-corrected chi connectivity index (χ1v) is 7.65. The van der Waals surface area contributed by atoms with Crippen LogP contribution in [0.3, 0.4) is 0 Å². The van der Waals surface area contributed by atoms with Crippen LogP contribution in [-0.4, -0.2) is 33.9 Å². The zero-order valence-electron chi connectivity index (χ0n) is 14.4. The lowest BCUT2D eigenvalue weighted by atomic mass is 10.1. The molecule has 1 aromatic heterocycles. The van der Waals surface area contributed by atoms with Crippen molar-refractivity contribution < 1.29 is 23.8 Å². The molecule has 0 saturated carbocycles. The van der Waals surface area contributed by atoms with Gasteiger partial charge in [-0.2, -0.15) is 5.10 Å². The minimum absolute atomic E-state index is 0.00878. The van der Waals surface area contributed by atoms with Gasteiger partial charge in [0.15, 0.2) is 17.6 Å². The van der Waals surface area contributed by atoms with E-state index in [0.717, 1.165) is 11.8 Å². The summed E-state index contributed by atoms with van der Waals surface area (Å²) < 4.78 is 20.2. The first kappa shape index (κ1) is 18.4. The van der Waals surface area contributed by atoms with Crippen LogP contribution in [0.25, 0.3) is 0 Å². The molecule has 2 N–H and O–H groups in total. The molecule has 1 atom stereocenters. The second-order valence-electron chi connectivity index (χ2n) is 5.87. The minimum atomic E-state index is -1.41. The number of aromatic nitrogens is 2. The highest BCUT2D eigenvalue weighted by Crippen LogP contribution is 2.23. The smallest absolute Gasteiger partial charge is 0.330 e. The van der Waals surface area contributed by atoms with Gasteiger partial charge in [0, 0.05) is 12.7 Å². The zero-order valence-corrected chi connectivity index (χ0v) is 14.4. The SMILES string of the molecule is COc1ccc([C@@H](NC(=O)c2cc(C(C)C)n(C)n2)C(=O)O)cc1F. The number of carbonyl (C=O) groups is 2. The predicted octanol–water partition coefficient (Wildman–Crippen LogP) is 2.25. The number of nitrogens with one attached hydrogen (secondary N) is 1. The maximum Gasteiger partial charge on any atom is 0.330 e. The molecule has 0 saturated heterocycles. The summed E-state index contributed by atoms with van der Waals surface area (Å²) in [5.74, 6) is -2.51. The lowest BCUT2D eigenvalue weighted by molar-refractivity contribution is -0.139. The third-order valence-corrected chi connectivity index (χ3v) is 3.77. The van der Waals surface area contributed by atoms with Crippen molar-refractivity contribution in [2.24, 2.45) is 7.05 Å². The van der Waals surface area contributed by atoms with Crippen molar-refractivity contribution in [2.75, 3.05) is 7.11 Å². The van der Waals surface area contributed by atoms with Gasteiger partial charge < -0.3 is 15.2 Å². The van der Waals surface area contributed by atoms with Crippen molar-refractivity contribution >= 4 is 11.9 Å². The molecule has 134 valence electrons. The van der Waals surface area contributed by atoms with Crippen LogP contribution in [0.4, 0.5) is 4.39 Å². The summed E-state index contributed by atoms with van der Waals surface area (Å²) in [6.45, 7) is 3.91. The van der Waals surface area contributed by atoms with Crippen LogP contribution in [-0.2, 0) is 11.8 Å². The molecule has 0 aliphatic heterocycles. The summed E-state index contributed by atoms with van der Waals surface area (Å²) >= 11 is 0. The molecule has 0 fully saturated rings. The van der Waals surface area contributed by atoms with E-state index in [9.17, 15) is 19.1 Å². The van der Waals surface area contributed by atoms with Gasteiger partial charge in [0.1, 0.15) is 5.69 Å². The van der Waals surface area contributed by atoms with Crippen molar-refractivity contribution in [3.8, 4) is 5.75 Å². The van der Waals surface area contributed by atoms with Crippen LogP contribution in [0.2, 0.25) is 0 Å². The molecule has 0 spiro atoms. The fourth-order valence-electron chi connectivity index (χ4n) is 2.49. The molecule has 0 unspecified atom stereocenters. The lowest BCUT2D eigenvalue weighted by Gasteiger charge is -2.15. The second-order valence-corrected chi connectivity index (χ2v) is 5.87. The number of nitrogens with zero attached hydrogens (tertiary/aromatic N) is 2. The van der Waals surface area contributed by atoms with E-state index in [4.69, 9.17) is 4.74 Å². The minimum Gasteiger partial charge on any atom is -0.494 e. The van der Waals surface area contributed by atoms with Gasteiger partial charge in [-0.3, -0.25) is 9.48 Å². The number of amides is 1. The summed E-state index contributed by atoms with van der Waals surface area (Å²) in [5, 5.41) is 15.9. The fourth-order valence-corrected chi connectivity index (χ4v) is 2.49. The van der Waals surface area contributed by atoms with Crippen LogP contribution in [0.15, 0.2) is 24.3 Å². The Kier molecular flexibility index (Phi) is 5.41. The number of carbonyl (C=O) groups excluding carboxylic acids is 1. The number of ether oxygens (including phenoxy) is 1. The van der Waals surface area contributed by atoms with Crippen molar-refractivity contribution in [3.05, 3.63) is 47.0 Å². The Labute approximate surface area is 144 Å². The Balaban J connectivity index is 2.27. The number of methoxy groups -OCH3 is 1. The molecule has 0 bridgehead atoms. The maximum absolute atomic E-state index is 13.8. The van der Waals surface area contributed by atoms with Gasteiger partial charge in [-0.05, 0) is 29.7 Å². The third kappa shape index (κ3) is 3.96. The second kappa shape index (κ2) is 7.33. The van der Waals surface area contributed by atoms with E-state index < -0.39 is 23.7 Å². The third-order valence-electron chi connectivity index (χ3n) is 3.77. The standard InChI is InChI=1S/C17H20FN3O4/c1-9(2)13-8-12(20-21(13)3)16(22)19-15(17(23)24)10-5-6-14(25-4)11(18)7-10/h5-9,15H,1-4H3,(H,19,22)(H,23,24)/t15-/m1/s1. The van der Waals surface area contributed by atoms with Gasteiger partial charge in [-0.1, -0.05) is 19.9 Å². The van der Waals surface area contributed by atoms with Gasteiger partial charge in [-0.25, -0.2) is 9.18 Å². The van der Waals surface area contributed by atoms with Crippen LogP contribution in [0, 0.1) is 5.82 Å². The quantitative estimate of drug-likeness (QED) is 0.834. The number of aliphatic carboxylic acids is 1. The highest BCUT2D eigenvalue weighted by atomic mass is 19.1. The first-order chi connectivity index (χ1) is 11.7. The molecule has 25 heavy (non-hydrogen) atoms. The van der Waals surface area contributed by atoms with Gasteiger partial charge in [0.2, 0.25) is 0 Å². The maximum atomic E-state index is 13.8. The van der Waals surface area contributed by atoms with Crippen LogP contribution in [0.1, 0.15) is 47.6 Å². The van der Waals surface area contributed by atoms with Crippen molar-refractivity contribution in [3.63, 3.8) is 0 Å². The number of carboxylic acid groups (broad SMARTS) is 1. The number of benzene rings is 1. The molecule has 8 heteroatoms. The summed E-state index contributed by atoms with van der Waals surface area (Å²) in [7, 11) is 3.02. The van der Waals surface area contributed by atoms with Gasteiger partial charge in [0.25, 0.3) is 5.91 Å². The summed E-state index contributed by atoms with van der Waals surface area (Å²) in [4.78, 5) is 23.9. The number of rotatable bonds is 6. The van der Waals surface area contributed by atoms with E-state index >= 15 is 0 Å². The first-order valence-electron chi connectivity index (χ1n) is 7.65. The Morgan fingerprint density at radius 1 is 1.32 bits per heavy atom. The number of carboxylic acids is 1. The lowest BCUT2D eigenvalue weighted by Crippen LogP contribution is -2.34. The molecule has 1 amide bonds. The molecular weight excluding hydrogens is 329 g/mol. The number of halogens is 1. The average molecular weight is 349 g/mol. The largest absolute Gasteiger partial charge is 0.494 e. The molecule has 2 aromatic rings. The van der Waals surface area contributed by atoms with Crippen LogP contribution < -0.4 is 10.1 Å². The molecule has 7 nitrogen and oxygen atoms in total. The van der Waals surface area contributed by atoms with Crippen LogP contribution >= 0.6 is 0 Å². The Morgan fingerprint density at radius 2 is 2.00 bits per heavy atom. The van der Waals surface area contributed by atoms with Crippen molar-refractivity contribution in [1.82, 2.24) is 15.1 Å². The van der Waals surface area contributed by atoms with E-state index in [-0.39, 0.29) is 22.9 Å². The molecule has 1 heterocycles. The van der Waals surface area contributed by atoms with E-state index in [2.05, 4.69) is 10.4 Å². The Morgan fingerprint density at radius 3 is 2.48 bits per heavy atom. The van der Waals surface area contributed by atoms with Gasteiger partial charge >= 0.3 is 5.97 Å². The van der Waals surface area contributed by atoms with E-state index in [1.807, 2.05) is 13.8 Å². The molecule has 1 aromatic carbocycles. The topological polar surface area (TPSA) is 93.5 Å². The normalized spacial score (nSPS) is 12.1. The highest BCUT2D eigenvalue weighted by Gasteiger charge is 2.25. The highest BCUT2D eigenvalue weighted by molar-refractivity contribution is 5.95. The molecular formula is C17H20FN3O4. The Hall–Kier alpha value is -2.90. The van der Waals surface area contributed by atoms with Crippen LogP contribution in [0.5, 0.6) is 5.75 Å². The summed E-state index contributed by atoms with van der Waals surface area (Å²) in [5.41, 5.74) is 1.04. The van der Waals surface area contributed by atoms with E-state index in [1.54, 1.807) is 17.8 Å². The summed E-state index contributed by atoms with van der Waals surface area (Å²) in [6.07, 6.45) is 0. The van der Waals surface area contributed by atoms with Crippen molar-refractivity contribution in [2.45, 2.75) is 25.8 Å².